The van der Waals surface area contributed by atoms with Crippen molar-refractivity contribution in [2.45, 2.75) is 26.8 Å². The second-order valence-electron chi connectivity index (χ2n) is 7.30. The van der Waals surface area contributed by atoms with Crippen LogP contribution in [0.1, 0.15) is 40.9 Å². The highest BCUT2D eigenvalue weighted by molar-refractivity contribution is 6.06. The van der Waals surface area contributed by atoms with Gasteiger partial charge in [-0.3, -0.25) is 4.98 Å². The molecule has 0 aliphatic heterocycles. The van der Waals surface area contributed by atoms with Gasteiger partial charge in [0.05, 0.1) is 29.4 Å². The molecule has 11 heteroatoms. The Morgan fingerprint density at radius 1 is 1.03 bits per heavy atom. The van der Waals surface area contributed by atoms with Crippen molar-refractivity contribution in [3.63, 3.8) is 0 Å². The predicted octanol–water partition coefficient (Wildman–Crippen LogP) is 5.38. The Labute approximate surface area is 205 Å². The number of nitrogens with one attached hydrogen (secondary N) is 1. The molecule has 0 fully saturated rings. The number of ether oxygens (including phenoxy) is 4. The molecule has 1 N–H and O–H groups in total. The van der Waals surface area contributed by atoms with Crippen molar-refractivity contribution in [2.75, 3.05) is 32.5 Å². The summed E-state index contributed by atoms with van der Waals surface area (Å²) in [4.78, 5) is 17.1. The highest BCUT2D eigenvalue weighted by atomic mass is 19.1. The van der Waals surface area contributed by atoms with Crippen molar-refractivity contribution in [1.29, 1.82) is 5.26 Å². The fourth-order valence-corrected chi connectivity index (χ4v) is 3.72. The Morgan fingerprint density at radius 2 is 1.69 bits per heavy atom. The Morgan fingerprint density at radius 3 is 2.25 bits per heavy atom. The number of esters is 1. The lowest BCUT2D eigenvalue weighted by molar-refractivity contribution is 0.0527. The third-order valence-corrected chi connectivity index (χ3v) is 5.22. The molecule has 0 aliphatic rings. The van der Waals surface area contributed by atoms with Gasteiger partial charge in [0.25, 0.3) is 0 Å². The van der Waals surface area contributed by atoms with Gasteiger partial charge in [0, 0.05) is 18.1 Å². The van der Waals surface area contributed by atoms with Crippen molar-refractivity contribution in [2.24, 2.45) is 0 Å². The second-order valence-corrected chi connectivity index (χ2v) is 7.30. The van der Waals surface area contributed by atoms with Crippen molar-refractivity contribution in [3.05, 3.63) is 52.7 Å². The number of hydrogen-bond donors (Lipinski definition) is 1. The van der Waals surface area contributed by atoms with Gasteiger partial charge in [0.2, 0.25) is 26.3 Å². The van der Waals surface area contributed by atoms with E-state index in [4.69, 9.17) is 18.9 Å². The Hall–Kier alpha value is -4.20. The number of benzene rings is 2. The zero-order valence-corrected chi connectivity index (χ0v) is 19.7. The predicted molar refractivity (Wildman–Crippen MR) is 125 cm³/mol. The van der Waals surface area contributed by atoms with E-state index in [1.165, 1.54) is 18.3 Å². The molecular weight excluding hydrogens is 479 g/mol. The molecule has 0 saturated heterocycles. The molecule has 1 aromatic heterocycles. The Kier molecular flexibility index (Phi) is 9.16. The van der Waals surface area contributed by atoms with Crippen LogP contribution < -0.4 is 19.5 Å². The first-order valence-corrected chi connectivity index (χ1v) is 11.0. The lowest BCUT2D eigenvalue weighted by Crippen LogP contribution is -2.12. The molecule has 0 unspecified atom stereocenters. The molecule has 2 aromatic carbocycles. The van der Waals surface area contributed by atoms with Gasteiger partial charge in [-0.15, -0.1) is 0 Å². The van der Waals surface area contributed by atoms with Crippen molar-refractivity contribution in [1.82, 2.24) is 4.98 Å². The molecule has 0 radical (unpaired) electrons. The number of fused-ring (bicyclic) bond motifs is 1. The molecule has 0 amide bonds. The smallest absolute Gasteiger partial charge is 0.341 e. The van der Waals surface area contributed by atoms with E-state index in [0.717, 1.165) is 5.56 Å². The summed E-state index contributed by atoms with van der Waals surface area (Å²) in [5.74, 6) is -1.29. The minimum atomic E-state index is -1.27. The number of anilines is 1. The molecule has 1 heterocycles. The van der Waals surface area contributed by atoms with Crippen LogP contribution in [0.15, 0.2) is 30.5 Å². The van der Waals surface area contributed by atoms with Crippen LogP contribution in [0, 0.1) is 11.3 Å². The number of nitriles is 1. The number of nitrogens with zero attached hydrogens (tertiary/aromatic N) is 2. The standard InChI is InChI=1S/C25H24F3N3O5/c1-3-17-5-15(9-29)6-18-22(17)31-11-19(25(32)33-4-2)23(18)30-10-16-7-20(34-12-26)24(36-14-28)21(8-16)35-13-27/h5-8,11H,3-4,10,12-14H2,1-2H3,(H,30,31). The van der Waals surface area contributed by atoms with E-state index in [-0.39, 0.29) is 36.0 Å². The quantitative estimate of drug-likeness (QED) is 0.329. The third kappa shape index (κ3) is 5.71. The fourth-order valence-electron chi connectivity index (χ4n) is 3.72. The van der Waals surface area contributed by atoms with Crippen LogP contribution in [0.25, 0.3) is 10.9 Å². The maximum atomic E-state index is 12.9. The molecule has 8 nitrogen and oxygen atoms in total. The summed E-state index contributed by atoms with van der Waals surface area (Å²) >= 11 is 0. The minimum absolute atomic E-state index is 0.0188. The SMILES string of the molecule is CCOC(=O)c1cnc2c(CC)cc(C#N)cc2c1NCc1cc(OCF)c(OCF)c(OCF)c1. The topological polar surface area (TPSA) is 103 Å². The third-order valence-electron chi connectivity index (χ3n) is 5.22. The highest BCUT2D eigenvalue weighted by Gasteiger charge is 2.20. The van der Waals surface area contributed by atoms with E-state index >= 15 is 0 Å². The largest absolute Gasteiger partial charge is 0.462 e. The van der Waals surface area contributed by atoms with Gasteiger partial charge in [-0.05, 0) is 48.7 Å². The molecule has 0 bridgehead atoms. The first-order chi connectivity index (χ1) is 17.5. The summed E-state index contributed by atoms with van der Waals surface area (Å²) in [6, 6.07) is 8.19. The molecule has 0 spiro atoms. The second kappa shape index (κ2) is 12.5. The summed E-state index contributed by atoms with van der Waals surface area (Å²) < 4.78 is 58.5. The van der Waals surface area contributed by atoms with E-state index in [9.17, 15) is 23.2 Å². The number of pyridine rings is 1. The van der Waals surface area contributed by atoms with Gasteiger partial charge in [0.15, 0.2) is 11.5 Å². The van der Waals surface area contributed by atoms with E-state index in [0.29, 0.717) is 34.1 Å². The van der Waals surface area contributed by atoms with Crippen LogP contribution in [0.2, 0.25) is 0 Å². The summed E-state index contributed by atoms with van der Waals surface area (Å²) in [6.45, 7) is -0.00779. The van der Waals surface area contributed by atoms with E-state index in [1.807, 2.05) is 6.92 Å². The summed E-state index contributed by atoms with van der Waals surface area (Å²) in [7, 11) is 0. The molecule has 36 heavy (non-hydrogen) atoms. The Bertz CT molecular complexity index is 1250. The summed E-state index contributed by atoms with van der Waals surface area (Å²) in [6.07, 6.45) is 1.99. The normalized spacial score (nSPS) is 10.6. The van der Waals surface area contributed by atoms with E-state index in [2.05, 4.69) is 16.4 Å². The molecule has 3 aromatic rings. The monoisotopic (exact) mass is 503 g/mol. The van der Waals surface area contributed by atoms with Crippen LogP contribution in [0.5, 0.6) is 17.2 Å². The first-order valence-electron chi connectivity index (χ1n) is 11.0. The number of hydrogen-bond acceptors (Lipinski definition) is 8. The van der Waals surface area contributed by atoms with Gasteiger partial charge >= 0.3 is 5.97 Å². The summed E-state index contributed by atoms with van der Waals surface area (Å²) in [5.41, 5.74) is 2.71. The molecule has 3 rings (SSSR count). The maximum absolute atomic E-state index is 12.9. The number of aryl methyl sites for hydroxylation is 1. The molecule has 0 aliphatic carbocycles. The van der Waals surface area contributed by atoms with Crippen LogP contribution in [0.4, 0.5) is 18.9 Å². The van der Waals surface area contributed by atoms with Gasteiger partial charge in [-0.2, -0.15) is 5.26 Å². The van der Waals surface area contributed by atoms with Gasteiger partial charge in [-0.25, -0.2) is 18.0 Å². The Balaban J connectivity index is 2.12. The minimum Gasteiger partial charge on any atom is -0.462 e. The van der Waals surface area contributed by atoms with Crippen LogP contribution in [-0.4, -0.2) is 38.1 Å². The van der Waals surface area contributed by atoms with Gasteiger partial charge in [-0.1, -0.05) is 6.92 Å². The molecular formula is C25H24F3N3O5. The number of halogens is 3. The number of alkyl halides is 3. The van der Waals surface area contributed by atoms with Gasteiger partial charge < -0.3 is 24.3 Å². The van der Waals surface area contributed by atoms with Crippen molar-refractivity contribution < 1.29 is 36.9 Å². The van der Waals surface area contributed by atoms with Gasteiger partial charge in [0.1, 0.15) is 5.56 Å². The zero-order chi connectivity index (χ0) is 26.1. The summed E-state index contributed by atoms with van der Waals surface area (Å²) in [5, 5.41) is 13.2. The average Bonchev–Trinajstić information content (AvgIpc) is 2.88. The van der Waals surface area contributed by atoms with E-state index in [1.54, 1.807) is 19.1 Å². The lowest BCUT2D eigenvalue weighted by Gasteiger charge is -2.18. The average molecular weight is 503 g/mol. The molecule has 0 atom stereocenters. The lowest BCUT2D eigenvalue weighted by atomic mass is 10.0. The van der Waals surface area contributed by atoms with Crippen LogP contribution in [0.3, 0.4) is 0 Å². The molecule has 0 saturated carbocycles. The molecule has 190 valence electrons. The maximum Gasteiger partial charge on any atom is 0.341 e. The highest BCUT2D eigenvalue weighted by Crippen LogP contribution is 2.40. The van der Waals surface area contributed by atoms with Crippen LogP contribution >= 0.6 is 0 Å². The first kappa shape index (κ1) is 26.4. The number of carbonyl (C=O) groups is 1. The number of rotatable bonds is 12. The zero-order valence-electron chi connectivity index (χ0n) is 19.7. The van der Waals surface area contributed by atoms with Crippen LogP contribution in [-0.2, 0) is 17.7 Å². The van der Waals surface area contributed by atoms with Crippen molar-refractivity contribution >= 4 is 22.6 Å². The van der Waals surface area contributed by atoms with E-state index < -0.39 is 26.6 Å². The number of carbonyl (C=O) groups excluding carboxylic acids is 1. The van der Waals surface area contributed by atoms with Crippen molar-refractivity contribution in [3.8, 4) is 23.3 Å². The fraction of sp³-hybridized carbons (Fsp3) is 0.320. The number of aromatic nitrogens is 1.